The van der Waals surface area contributed by atoms with Crippen molar-refractivity contribution >= 4 is 15.8 Å². The second kappa shape index (κ2) is 5.82. The van der Waals surface area contributed by atoms with Crippen molar-refractivity contribution in [3.05, 3.63) is 39.9 Å². The summed E-state index contributed by atoms with van der Waals surface area (Å²) in [7, 11) is -2.02. The summed E-state index contributed by atoms with van der Waals surface area (Å²) in [6.45, 7) is 1.61. The molecule has 0 aliphatic rings. The minimum Gasteiger partial charge on any atom is -0.493 e. The fourth-order valence-electron chi connectivity index (χ4n) is 2.02. The van der Waals surface area contributed by atoms with Crippen LogP contribution in [0.5, 0.6) is 5.75 Å². The summed E-state index contributed by atoms with van der Waals surface area (Å²) in [6.07, 6.45) is 2.73. The lowest BCUT2D eigenvalue weighted by atomic mass is 10.2. The maximum Gasteiger partial charge on any atom is 0.264 e. The summed E-state index contributed by atoms with van der Waals surface area (Å²) in [5.74, 6) is 0.497. The van der Waals surface area contributed by atoms with Gasteiger partial charge in [-0.1, -0.05) is 0 Å². The molecule has 0 aliphatic heterocycles. The summed E-state index contributed by atoms with van der Waals surface area (Å²) in [4.78, 5) is 16.8. The molecule has 0 aliphatic carbocycles. The smallest absolute Gasteiger partial charge is 0.264 e. The van der Waals surface area contributed by atoms with Crippen molar-refractivity contribution < 1.29 is 17.3 Å². The Morgan fingerprint density at radius 3 is 2.71 bits per heavy atom. The van der Waals surface area contributed by atoms with Crippen LogP contribution < -0.4 is 10.3 Å². The van der Waals surface area contributed by atoms with Gasteiger partial charge < -0.3 is 4.74 Å². The van der Waals surface area contributed by atoms with E-state index in [0.29, 0.717) is 22.7 Å². The highest BCUT2D eigenvalue weighted by atomic mass is 32.2. The van der Waals surface area contributed by atoms with Gasteiger partial charge in [0.1, 0.15) is 0 Å². The largest absolute Gasteiger partial charge is 0.493 e. The molecule has 0 saturated carbocycles. The van der Waals surface area contributed by atoms with E-state index in [1.807, 2.05) is 0 Å². The Hall–Kier alpha value is -1.93. The quantitative estimate of drug-likeness (QED) is 0.749. The van der Waals surface area contributed by atoms with Crippen LogP contribution in [0.2, 0.25) is 0 Å². The first-order chi connectivity index (χ1) is 9.83. The predicted octanol–water partition coefficient (Wildman–Crippen LogP) is 0.530. The molecule has 114 valence electrons. The molecule has 0 aromatic carbocycles. The molecule has 0 N–H and O–H groups in total. The lowest BCUT2D eigenvalue weighted by Gasteiger charge is -2.10. The van der Waals surface area contributed by atoms with Gasteiger partial charge in [0.15, 0.2) is 11.4 Å². The highest BCUT2D eigenvalue weighted by Gasteiger charge is 2.13. The van der Waals surface area contributed by atoms with Crippen LogP contribution >= 0.6 is 0 Å². The van der Waals surface area contributed by atoms with Crippen LogP contribution in [0.25, 0.3) is 5.65 Å². The molecule has 2 heterocycles. The summed E-state index contributed by atoms with van der Waals surface area (Å²) >= 11 is 0. The molecule has 0 bridgehead atoms. The first kappa shape index (κ1) is 15.5. The highest BCUT2D eigenvalue weighted by Crippen LogP contribution is 2.16. The maximum atomic E-state index is 12.4. The fourth-order valence-corrected chi connectivity index (χ4v) is 2.41. The third-order valence-corrected chi connectivity index (χ3v) is 3.58. The Morgan fingerprint density at radius 2 is 2.10 bits per heavy atom. The van der Waals surface area contributed by atoms with Gasteiger partial charge in [-0.2, -0.15) is 8.42 Å². The van der Waals surface area contributed by atoms with Gasteiger partial charge in [-0.25, -0.2) is 4.98 Å². The van der Waals surface area contributed by atoms with Crippen LogP contribution in [0.1, 0.15) is 11.3 Å². The van der Waals surface area contributed by atoms with Crippen molar-refractivity contribution in [2.45, 2.75) is 13.3 Å². The Labute approximate surface area is 122 Å². The van der Waals surface area contributed by atoms with Gasteiger partial charge in [0.25, 0.3) is 15.7 Å². The lowest BCUT2D eigenvalue weighted by Crippen LogP contribution is -2.23. The van der Waals surface area contributed by atoms with Gasteiger partial charge in [0, 0.05) is 23.9 Å². The predicted molar refractivity (Wildman–Crippen MR) is 77.3 cm³/mol. The van der Waals surface area contributed by atoms with Crippen LogP contribution in [-0.4, -0.2) is 37.8 Å². The molecule has 0 saturated heterocycles. The molecule has 0 atom stereocenters. The van der Waals surface area contributed by atoms with Crippen molar-refractivity contribution in [2.75, 3.05) is 20.0 Å². The lowest BCUT2D eigenvalue weighted by molar-refractivity contribution is 0.325. The van der Waals surface area contributed by atoms with Crippen LogP contribution in [0, 0.1) is 6.92 Å². The second-order valence-corrected chi connectivity index (χ2v) is 6.17. The number of methoxy groups -OCH3 is 1. The molecule has 2 rings (SSSR count). The van der Waals surface area contributed by atoms with E-state index in [9.17, 15) is 13.2 Å². The topological polar surface area (TPSA) is 87.0 Å². The number of rotatable bonds is 5. The Kier molecular flexibility index (Phi) is 4.29. The normalized spacial score (nSPS) is 11.8. The standard InChI is InChI=1S/C13H16N2O5S/c1-9-10(6-8-20-21(3,17)18)13(16)15-7-4-5-11(19-2)12(15)14-9/h4-5,7H,6,8H2,1-3H3. The number of pyridine rings is 1. The first-order valence-electron chi connectivity index (χ1n) is 6.22. The molecule has 0 fully saturated rings. The van der Waals surface area contributed by atoms with Gasteiger partial charge in [-0.15, -0.1) is 0 Å². The van der Waals surface area contributed by atoms with E-state index >= 15 is 0 Å². The molecule has 0 radical (unpaired) electrons. The average Bonchev–Trinajstić information content (AvgIpc) is 2.40. The fraction of sp³-hybridized carbons (Fsp3) is 0.385. The zero-order valence-electron chi connectivity index (χ0n) is 12.0. The molecule has 7 nitrogen and oxygen atoms in total. The van der Waals surface area contributed by atoms with Gasteiger partial charge in [-0.05, 0) is 19.1 Å². The van der Waals surface area contributed by atoms with E-state index < -0.39 is 10.1 Å². The highest BCUT2D eigenvalue weighted by molar-refractivity contribution is 7.85. The zero-order valence-corrected chi connectivity index (χ0v) is 12.8. The summed E-state index contributed by atoms with van der Waals surface area (Å²) in [5.41, 5.74) is 1.12. The number of nitrogens with zero attached hydrogens (tertiary/aromatic N) is 2. The van der Waals surface area contributed by atoms with Crippen LogP contribution in [0.3, 0.4) is 0 Å². The van der Waals surface area contributed by atoms with Crippen molar-refractivity contribution in [1.82, 2.24) is 9.38 Å². The van der Waals surface area contributed by atoms with Crippen molar-refractivity contribution in [2.24, 2.45) is 0 Å². The van der Waals surface area contributed by atoms with Crippen molar-refractivity contribution in [3.8, 4) is 5.75 Å². The summed E-state index contributed by atoms with van der Waals surface area (Å²) in [5, 5.41) is 0. The third-order valence-electron chi connectivity index (χ3n) is 2.99. The molecule has 2 aromatic rings. The molecule has 2 aromatic heterocycles. The third kappa shape index (κ3) is 3.40. The van der Waals surface area contributed by atoms with Gasteiger partial charge in [0.05, 0.1) is 20.0 Å². The molecular weight excluding hydrogens is 296 g/mol. The Morgan fingerprint density at radius 1 is 1.38 bits per heavy atom. The maximum absolute atomic E-state index is 12.4. The molecular formula is C13H16N2O5S. The van der Waals surface area contributed by atoms with E-state index in [1.165, 1.54) is 11.5 Å². The SMILES string of the molecule is COc1cccn2c(=O)c(CCOS(C)(=O)=O)c(C)nc12. The molecule has 21 heavy (non-hydrogen) atoms. The Bertz CT molecular complexity index is 826. The molecule has 0 unspecified atom stereocenters. The van der Waals surface area contributed by atoms with E-state index in [-0.39, 0.29) is 18.6 Å². The van der Waals surface area contributed by atoms with Gasteiger partial charge in [0.2, 0.25) is 0 Å². The van der Waals surface area contributed by atoms with Crippen LogP contribution in [0.4, 0.5) is 0 Å². The minimum atomic E-state index is -3.52. The zero-order chi connectivity index (χ0) is 15.6. The minimum absolute atomic E-state index is 0.0906. The number of ether oxygens (including phenoxy) is 1. The van der Waals surface area contributed by atoms with Gasteiger partial charge in [-0.3, -0.25) is 13.4 Å². The molecule has 8 heteroatoms. The second-order valence-electron chi connectivity index (χ2n) is 4.53. The number of hydrogen-bond acceptors (Lipinski definition) is 6. The van der Waals surface area contributed by atoms with Crippen molar-refractivity contribution in [1.29, 1.82) is 0 Å². The number of hydrogen-bond donors (Lipinski definition) is 0. The number of fused-ring (bicyclic) bond motifs is 1. The van der Waals surface area contributed by atoms with E-state index in [2.05, 4.69) is 9.17 Å². The van der Waals surface area contributed by atoms with E-state index in [0.717, 1.165) is 6.26 Å². The summed E-state index contributed by atoms with van der Waals surface area (Å²) < 4.78 is 33.1. The van der Waals surface area contributed by atoms with E-state index in [1.54, 1.807) is 25.3 Å². The monoisotopic (exact) mass is 312 g/mol. The van der Waals surface area contributed by atoms with Crippen LogP contribution in [-0.2, 0) is 20.7 Å². The summed E-state index contributed by atoms with van der Waals surface area (Å²) in [6, 6.07) is 3.40. The van der Waals surface area contributed by atoms with E-state index in [4.69, 9.17) is 4.74 Å². The molecule has 0 amide bonds. The number of aromatic nitrogens is 2. The van der Waals surface area contributed by atoms with Crippen LogP contribution in [0.15, 0.2) is 23.1 Å². The number of aryl methyl sites for hydroxylation is 1. The van der Waals surface area contributed by atoms with Crippen molar-refractivity contribution in [3.63, 3.8) is 0 Å². The Balaban J connectivity index is 2.44. The first-order valence-corrected chi connectivity index (χ1v) is 8.04. The van der Waals surface area contributed by atoms with Gasteiger partial charge >= 0.3 is 0 Å². The molecule has 0 spiro atoms. The average molecular weight is 312 g/mol.